The number of rotatable bonds is 9. The van der Waals surface area contributed by atoms with Crippen LogP contribution in [0.4, 0.5) is 9.59 Å². The maximum atomic E-state index is 13.4. The van der Waals surface area contributed by atoms with Gasteiger partial charge in [0, 0.05) is 18.7 Å². The first-order chi connectivity index (χ1) is 26.0. The minimum Gasteiger partial charge on any atom is -0.453 e. The van der Waals surface area contributed by atoms with Crippen molar-refractivity contribution < 1.29 is 28.7 Å². The SMILES string of the molecule is COC(=O)N[C@H](C(=O)N1CCC[C@H]1c1ncc(C#CC#CC#Cc2ccc(-c3cnc([C@@H]4CCCN4C(=O)[C@@H](NC(=O)OC)C(C)C)[nH]3)cc2)[nH]1)C(C)C. The lowest BCUT2D eigenvalue weighted by Crippen LogP contribution is -2.51. The third-order valence-electron chi connectivity index (χ3n) is 9.46. The summed E-state index contributed by atoms with van der Waals surface area (Å²) < 4.78 is 9.43. The molecular weight excluding hydrogens is 688 g/mol. The van der Waals surface area contributed by atoms with Crippen molar-refractivity contribution in [1.29, 1.82) is 0 Å². The lowest BCUT2D eigenvalue weighted by Gasteiger charge is -2.30. The summed E-state index contributed by atoms with van der Waals surface area (Å²) >= 11 is 0. The van der Waals surface area contributed by atoms with Gasteiger partial charge in [0.05, 0.1) is 44.4 Å². The molecule has 4 amide bonds. The minimum atomic E-state index is -0.706. The third-order valence-corrected chi connectivity index (χ3v) is 9.46. The molecule has 0 bridgehead atoms. The number of likely N-dealkylation sites (tertiary alicyclic amines) is 2. The molecule has 54 heavy (non-hydrogen) atoms. The number of ether oxygens (including phenoxy) is 2. The molecule has 3 aromatic rings. The summed E-state index contributed by atoms with van der Waals surface area (Å²) in [5.41, 5.74) is 3.08. The molecule has 2 fully saturated rings. The summed E-state index contributed by atoms with van der Waals surface area (Å²) in [4.78, 5) is 69.7. The van der Waals surface area contributed by atoms with Crippen molar-refractivity contribution in [3.63, 3.8) is 0 Å². The Labute approximate surface area is 315 Å². The lowest BCUT2D eigenvalue weighted by molar-refractivity contribution is -0.136. The molecule has 4 N–H and O–H groups in total. The minimum absolute atomic E-state index is 0.111. The molecule has 0 aliphatic carbocycles. The summed E-state index contributed by atoms with van der Waals surface area (Å²) in [7, 11) is 2.55. The van der Waals surface area contributed by atoms with E-state index < -0.39 is 24.3 Å². The van der Waals surface area contributed by atoms with Crippen LogP contribution in [-0.4, -0.2) is 93.1 Å². The van der Waals surface area contributed by atoms with Gasteiger partial charge in [0.15, 0.2) is 0 Å². The van der Waals surface area contributed by atoms with Crippen LogP contribution in [0.1, 0.15) is 88.4 Å². The van der Waals surface area contributed by atoms with Crippen molar-refractivity contribution in [2.75, 3.05) is 27.3 Å². The largest absolute Gasteiger partial charge is 0.453 e. The Morgan fingerprint density at radius 3 is 1.74 bits per heavy atom. The number of aromatic amines is 2. The molecule has 282 valence electrons. The third kappa shape index (κ3) is 9.42. The number of alkyl carbamates (subject to hydrolysis) is 2. The van der Waals surface area contributed by atoms with E-state index in [1.807, 2.05) is 52.0 Å². The normalized spacial score (nSPS) is 17.3. The van der Waals surface area contributed by atoms with Gasteiger partial charge in [-0.15, -0.1) is 0 Å². The Balaban J connectivity index is 1.17. The van der Waals surface area contributed by atoms with Crippen LogP contribution in [0, 0.1) is 47.4 Å². The van der Waals surface area contributed by atoms with E-state index in [0.29, 0.717) is 30.4 Å². The monoisotopic (exact) mass is 734 g/mol. The second-order valence-electron chi connectivity index (χ2n) is 13.8. The first kappa shape index (κ1) is 39.0. The molecule has 14 nitrogen and oxygen atoms in total. The average molecular weight is 735 g/mol. The summed E-state index contributed by atoms with van der Waals surface area (Å²) in [6, 6.07) is 5.80. The number of aromatic nitrogens is 4. The van der Waals surface area contributed by atoms with Gasteiger partial charge in [-0.25, -0.2) is 19.6 Å². The van der Waals surface area contributed by atoms with E-state index in [4.69, 9.17) is 9.47 Å². The number of methoxy groups -OCH3 is 2. The highest BCUT2D eigenvalue weighted by Gasteiger charge is 2.38. The van der Waals surface area contributed by atoms with E-state index in [0.717, 1.165) is 42.5 Å². The fraction of sp³-hybridized carbons (Fsp3) is 0.450. The predicted molar refractivity (Wildman–Crippen MR) is 200 cm³/mol. The van der Waals surface area contributed by atoms with E-state index >= 15 is 0 Å². The summed E-state index contributed by atoms with van der Waals surface area (Å²) in [5.74, 6) is 17.9. The molecule has 0 spiro atoms. The number of amides is 4. The highest BCUT2D eigenvalue weighted by Crippen LogP contribution is 2.33. The Morgan fingerprint density at radius 1 is 0.722 bits per heavy atom. The summed E-state index contributed by atoms with van der Waals surface area (Å²) in [5, 5.41) is 5.32. The molecule has 2 aliphatic rings. The highest BCUT2D eigenvalue weighted by molar-refractivity contribution is 5.87. The number of hydrogen-bond acceptors (Lipinski definition) is 8. The topological polar surface area (TPSA) is 175 Å². The van der Waals surface area contributed by atoms with Gasteiger partial charge in [-0.3, -0.25) is 9.59 Å². The molecule has 4 heterocycles. The highest BCUT2D eigenvalue weighted by atomic mass is 16.5. The standard InChI is InChI=1S/C40H46N8O6/c1-25(2)33(45-39(51)53-5)37(49)47-21-11-15-31(47)35-41-23-29(43-35)14-10-8-7-9-13-27-17-19-28(20-18-27)30-24-42-36(44-30)32-16-12-22-48(32)38(50)34(26(3)4)46-40(52)54-6/h17-20,23-26,31-34H,11-12,15-16,21-22H2,1-6H3,(H,41,43)(H,42,44)(H,45,51)(H,46,52)/t31-,32-,33-,34-/m0/s1. The first-order valence-corrected chi connectivity index (χ1v) is 18.0. The number of carbonyl (C=O) groups excluding carboxylic acids is 4. The Morgan fingerprint density at radius 2 is 1.22 bits per heavy atom. The number of nitrogens with zero attached hydrogens (tertiary/aromatic N) is 4. The molecule has 2 saturated heterocycles. The van der Waals surface area contributed by atoms with Crippen LogP contribution in [0.2, 0.25) is 0 Å². The van der Waals surface area contributed by atoms with Crippen molar-refractivity contribution in [2.45, 2.75) is 77.5 Å². The van der Waals surface area contributed by atoms with Gasteiger partial charge in [0.2, 0.25) is 11.8 Å². The van der Waals surface area contributed by atoms with E-state index in [2.05, 4.69) is 66.1 Å². The molecule has 2 aliphatic heterocycles. The van der Waals surface area contributed by atoms with Gasteiger partial charge >= 0.3 is 12.2 Å². The second-order valence-corrected chi connectivity index (χ2v) is 13.8. The smallest absolute Gasteiger partial charge is 0.407 e. The Bertz CT molecular complexity index is 2020. The molecule has 0 saturated carbocycles. The van der Waals surface area contributed by atoms with Gasteiger partial charge < -0.3 is 39.9 Å². The fourth-order valence-corrected chi connectivity index (χ4v) is 6.61. The quantitative estimate of drug-likeness (QED) is 0.236. The number of carbonyl (C=O) groups is 4. The maximum absolute atomic E-state index is 13.4. The van der Waals surface area contributed by atoms with Crippen molar-refractivity contribution in [1.82, 2.24) is 40.4 Å². The van der Waals surface area contributed by atoms with Crippen molar-refractivity contribution in [3.8, 4) is 46.8 Å². The Hall–Kier alpha value is -6.20. The number of hydrogen-bond donors (Lipinski definition) is 4. The molecule has 4 atom stereocenters. The first-order valence-electron chi connectivity index (χ1n) is 18.0. The van der Waals surface area contributed by atoms with Gasteiger partial charge in [-0.05, 0) is 84.8 Å². The van der Waals surface area contributed by atoms with Gasteiger partial charge in [-0.1, -0.05) is 45.7 Å². The zero-order valence-electron chi connectivity index (χ0n) is 31.4. The average Bonchev–Trinajstić information content (AvgIpc) is 4.00. The molecule has 14 heteroatoms. The number of nitrogens with one attached hydrogen (secondary N) is 4. The molecular formula is C40H46N8O6. The molecule has 2 aromatic heterocycles. The van der Waals surface area contributed by atoms with E-state index in [1.54, 1.807) is 22.2 Å². The number of benzene rings is 1. The van der Waals surface area contributed by atoms with Crippen LogP contribution in [0.3, 0.4) is 0 Å². The van der Waals surface area contributed by atoms with Crippen molar-refractivity contribution in [3.05, 3.63) is 59.6 Å². The van der Waals surface area contributed by atoms with Crippen LogP contribution in [-0.2, 0) is 19.1 Å². The van der Waals surface area contributed by atoms with Crippen molar-refractivity contribution >= 4 is 24.0 Å². The Kier molecular flexibility index (Phi) is 13.0. The van der Waals surface area contributed by atoms with Crippen LogP contribution in [0.25, 0.3) is 11.3 Å². The van der Waals surface area contributed by atoms with Crippen LogP contribution in [0.15, 0.2) is 36.7 Å². The zero-order valence-corrected chi connectivity index (χ0v) is 31.4. The molecule has 1 aromatic carbocycles. The number of imidazole rings is 2. The van der Waals surface area contributed by atoms with Crippen LogP contribution in [0.5, 0.6) is 0 Å². The van der Waals surface area contributed by atoms with E-state index in [1.165, 1.54) is 14.2 Å². The second kappa shape index (κ2) is 18.0. The van der Waals surface area contributed by atoms with Crippen molar-refractivity contribution in [2.24, 2.45) is 11.8 Å². The fourth-order valence-electron chi connectivity index (χ4n) is 6.61. The van der Waals surface area contributed by atoms with Crippen LogP contribution >= 0.6 is 0 Å². The van der Waals surface area contributed by atoms with Crippen LogP contribution < -0.4 is 10.6 Å². The van der Waals surface area contributed by atoms with Gasteiger partial charge in [-0.2, -0.15) is 0 Å². The van der Waals surface area contributed by atoms with E-state index in [9.17, 15) is 19.2 Å². The summed E-state index contributed by atoms with van der Waals surface area (Å²) in [6.07, 6.45) is 5.26. The van der Waals surface area contributed by atoms with Gasteiger partial charge in [0.1, 0.15) is 29.4 Å². The molecule has 0 radical (unpaired) electrons. The van der Waals surface area contributed by atoms with E-state index in [-0.39, 0.29) is 35.7 Å². The molecule has 5 rings (SSSR count). The van der Waals surface area contributed by atoms with Gasteiger partial charge in [0.25, 0.3) is 0 Å². The maximum Gasteiger partial charge on any atom is 0.407 e. The number of H-pyrrole nitrogens is 2. The zero-order chi connectivity index (χ0) is 38.8. The molecule has 0 unspecified atom stereocenters. The lowest BCUT2D eigenvalue weighted by atomic mass is 10.0. The summed E-state index contributed by atoms with van der Waals surface area (Å²) in [6.45, 7) is 8.67. The predicted octanol–water partition coefficient (Wildman–Crippen LogP) is 4.29.